The van der Waals surface area contributed by atoms with Gasteiger partial charge in [-0.15, -0.1) is 0 Å². The number of nitrogens with zero attached hydrogens (tertiary/aromatic N) is 1. The third-order valence-electron chi connectivity index (χ3n) is 4.33. The van der Waals surface area contributed by atoms with E-state index in [1.807, 2.05) is 0 Å². The van der Waals surface area contributed by atoms with Crippen molar-refractivity contribution in [2.24, 2.45) is 5.92 Å². The number of hydrogen-bond acceptors (Lipinski definition) is 3. The number of aryl methyl sites for hydroxylation is 1. The summed E-state index contributed by atoms with van der Waals surface area (Å²) >= 11 is 0. The van der Waals surface area contributed by atoms with E-state index in [-0.39, 0.29) is 12.1 Å². The van der Waals surface area contributed by atoms with Crippen LogP contribution < -0.4 is 10.2 Å². The fourth-order valence-electron chi connectivity index (χ4n) is 2.95. The van der Waals surface area contributed by atoms with Crippen molar-refractivity contribution in [3.05, 3.63) is 29.8 Å². The topological polar surface area (TPSA) is 35.5 Å². The molecule has 0 saturated heterocycles. The average molecular weight is 276 g/mol. The number of hydrogen-bond donors (Lipinski definition) is 2. The molecule has 0 amide bonds. The van der Waals surface area contributed by atoms with Gasteiger partial charge in [0.1, 0.15) is 0 Å². The first-order valence-corrected chi connectivity index (χ1v) is 7.75. The first-order chi connectivity index (χ1) is 9.61. The normalized spacial score (nSPS) is 17.8. The van der Waals surface area contributed by atoms with Gasteiger partial charge in [-0.25, -0.2) is 0 Å². The van der Waals surface area contributed by atoms with Gasteiger partial charge in [0.15, 0.2) is 0 Å². The van der Waals surface area contributed by atoms with E-state index in [4.69, 9.17) is 0 Å². The molecule has 1 aliphatic rings. The van der Waals surface area contributed by atoms with Crippen molar-refractivity contribution in [1.82, 2.24) is 5.32 Å². The van der Waals surface area contributed by atoms with Crippen molar-refractivity contribution in [1.29, 1.82) is 0 Å². The van der Waals surface area contributed by atoms with E-state index in [1.165, 1.54) is 24.1 Å². The number of anilines is 1. The molecule has 1 unspecified atom stereocenters. The van der Waals surface area contributed by atoms with Crippen LogP contribution in [0.5, 0.6) is 0 Å². The SMILES string of the molecule is CCCNC(CO)(CN(C)c1cccc(C)c1)C1CC1. The van der Waals surface area contributed by atoms with Crippen molar-refractivity contribution in [3.8, 4) is 0 Å². The molecule has 20 heavy (non-hydrogen) atoms. The monoisotopic (exact) mass is 276 g/mol. The minimum Gasteiger partial charge on any atom is -0.394 e. The highest BCUT2D eigenvalue weighted by Crippen LogP contribution is 2.40. The molecule has 3 nitrogen and oxygen atoms in total. The van der Waals surface area contributed by atoms with Crippen molar-refractivity contribution < 1.29 is 5.11 Å². The Morgan fingerprint density at radius 1 is 1.40 bits per heavy atom. The Morgan fingerprint density at radius 2 is 2.15 bits per heavy atom. The fraction of sp³-hybridized carbons (Fsp3) is 0.647. The molecule has 0 radical (unpaired) electrons. The van der Waals surface area contributed by atoms with E-state index in [1.54, 1.807) is 0 Å². The zero-order valence-electron chi connectivity index (χ0n) is 13.0. The van der Waals surface area contributed by atoms with Crippen LogP contribution in [0.15, 0.2) is 24.3 Å². The number of benzene rings is 1. The Labute approximate surface area is 123 Å². The molecule has 112 valence electrons. The van der Waals surface area contributed by atoms with Crippen LogP contribution in [0.1, 0.15) is 31.7 Å². The van der Waals surface area contributed by atoms with E-state index in [0.717, 1.165) is 19.5 Å². The molecule has 1 aromatic rings. The van der Waals surface area contributed by atoms with Crippen molar-refractivity contribution >= 4 is 5.69 Å². The van der Waals surface area contributed by atoms with Gasteiger partial charge in [-0.1, -0.05) is 19.1 Å². The predicted molar refractivity (Wildman–Crippen MR) is 85.3 cm³/mol. The Kier molecular flexibility index (Phi) is 5.06. The molecule has 3 heteroatoms. The van der Waals surface area contributed by atoms with Gasteiger partial charge < -0.3 is 15.3 Å². The zero-order valence-corrected chi connectivity index (χ0v) is 13.0. The van der Waals surface area contributed by atoms with Crippen LogP contribution in [0.4, 0.5) is 5.69 Å². The summed E-state index contributed by atoms with van der Waals surface area (Å²) < 4.78 is 0. The second kappa shape index (κ2) is 6.59. The molecule has 2 rings (SSSR count). The third kappa shape index (κ3) is 3.53. The van der Waals surface area contributed by atoms with Gasteiger partial charge in [0.05, 0.1) is 12.1 Å². The largest absolute Gasteiger partial charge is 0.394 e. The molecule has 2 N–H and O–H groups in total. The van der Waals surface area contributed by atoms with E-state index >= 15 is 0 Å². The molecule has 0 bridgehead atoms. The molecule has 1 aliphatic carbocycles. The number of aliphatic hydroxyl groups excluding tert-OH is 1. The quantitative estimate of drug-likeness (QED) is 0.766. The average Bonchev–Trinajstić information content (AvgIpc) is 3.28. The van der Waals surface area contributed by atoms with Crippen LogP contribution in [0.25, 0.3) is 0 Å². The number of nitrogens with one attached hydrogen (secondary N) is 1. The van der Waals surface area contributed by atoms with Crippen LogP contribution >= 0.6 is 0 Å². The van der Waals surface area contributed by atoms with E-state index in [0.29, 0.717) is 5.92 Å². The summed E-state index contributed by atoms with van der Waals surface area (Å²) in [7, 11) is 2.12. The molecular formula is C17H28N2O. The van der Waals surface area contributed by atoms with Gasteiger partial charge in [-0.05, 0) is 56.3 Å². The highest BCUT2D eigenvalue weighted by Gasteiger charge is 2.45. The Balaban J connectivity index is 2.10. The lowest BCUT2D eigenvalue weighted by molar-refractivity contribution is 0.145. The second-order valence-corrected chi connectivity index (χ2v) is 6.21. The maximum absolute atomic E-state index is 9.97. The number of rotatable bonds is 8. The van der Waals surface area contributed by atoms with Gasteiger partial charge in [0.2, 0.25) is 0 Å². The first kappa shape index (κ1) is 15.3. The Morgan fingerprint density at radius 3 is 2.70 bits per heavy atom. The van der Waals surface area contributed by atoms with Gasteiger partial charge in [-0.3, -0.25) is 0 Å². The number of aliphatic hydroxyl groups is 1. The predicted octanol–water partition coefficient (Wildman–Crippen LogP) is 2.57. The van der Waals surface area contributed by atoms with Gasteiger partial charge in [0, 0.05) is 19.3 Å². The van der Waals surface area contributed by atoms with Crippen LogP contribution in [-0.4, -0.2) is 37.4 Å². The summed E-state index contributed by atoms with van der Waals surface area (Å²) in [6.07, 6.45) is 3.57. The minimum atomic E-state index is -0.144. The smallest absolute Gasteiger partial charge is 0.0633 e. The summed E-state index contributed by atoms with van der Waals surface area (Å²) in [4.78, 5) is 2.27. The maximum atomic E-state index is 9.97. The van der Waals surface area contributed by atoms with Gasteiger partial charge in [0.25, 0.3) is 0 Å². The summed E-state index contributed by atoms with van der Waals surface area (Å²) in [5.74, 6) is 0.617. The molecule has 0 aromatic heterocycles. The molecular weight excluding hydrogens is 248 g/mol. The standard InChI is InChI=1S/C17H28N2O/c1-4-10-18-17(13-20,15-8-9-15)12-19(3)16-7-5-6-14(2)11-16/h5-7,11,15,18,20H,4,8-10,12-13H2,1-3H3. The Hall–Kier alpha value is -1.06. The zero-order chi connectivity index (χ0) is 14.6. The summed E-state index contributed by atoms with van der Waals surface area (Å²) in [5.41, 5.74) is 2.35. The summed E-state index contributed by atoms with van der Waals surface area (Å²) in [6.45, 7) is 6.34. The van der Waals surface area contributed by atoms with E-state index in [2.05, 4.69) is 55.4 Å². The van der Waals surface area contributed by atoms with Crippen LogP contribution in [0, 0.1) is 12.8 Å². The lowest BCUT2D eigenvalue weighted by Gasteiger charge is -2.38. The van der Waals surface area contributed by atoms with E-state index in [9.17, 15) is 5.11 Å². The van der Waals surface area contributed by atoms with E-state index < -0.39 is 0 Å². The first-order valence-electron chi connectivity index (χ1n) is 7.75. The Bertz CT molecular complexity index is 431. The number of likely N-dealkylation sites (N-methyl/N-ethyl adjacent to an activating group) is 1. The van der Waals surface area contributed by atoms with Crippen molar-refractivity contribution in [2.75, 3.05) is 31.6 Å². The molecule has 1 fully saturated rings. The summed E-state index contributed by atoms with van der Waals surface area (Å²) in [6, 6.07) is 8.56. The fourth-order valence-corrected chi connectivity index (χ4v) is 2.95. The van der Waals surface area contributed by atoms with Gasteiger partial charge in [-0.2, -0.15) is 0 Å². The summed E-state index contributed by atoms with van der Waals surface area (Å²) in [5, 5.41) is 13.6. The van der Waals surface area contributed by atoms with Crippen LogP contribution in [0.3, 0.4) is 0 Å². The van der Waals surface area contributed by atoms with Crippen LogP contribution in [-0.2, 0) is 0 Å². The van der Waals surface area contributed by atoms with Crippen LogP contribution in [0.2, 0.25) is 0 Å². The molecule has 0 spiro atoms. The highest BCUT2D eigenvalue weighted by atomic mass is 16.3. The maximum Gasteiger partial charge on any atom is 0.0633 e. The minimum absolute atomic E-state index is 0.144. The highest BCUT2D eigenvalue weighted by molar-refractivity contribution is 5.48. The molecule has 0 aliphatic heterocycles. The molecule has 1 saturated carbocycles. The molecule has 1 atom stereocenters. The lowest BCUT2D eigenvalue weighted by atomic mass is 9.92. The van der Waals surface area contributed by atoms with Crippen molar-refractivity contribution in [2.45, 2.75) is 38.6 Å². The lowest BCUT2D eigenvalue weighted by Crippen LogP contribution is -2.57. The third-order valence-corrected chi connectivity index (χ3v) is 4.33. The molecule has 0 heterocycles. The second-order valence-electron chi connectivity index (χ2n) is 6.21. The van der Waals surface area contributed by atoms with Gasteiger partial charge >= 0.3 is 0 Å². The molecule has 1 aromatic carbocycles. The van der Waals surface area contributed by atoms with Crippen molar-refractivity contribution in [3.63, 3.8) is 0 Å².